The zero-order chi connectivity index (χ0) is 23.2. The van der Waals surface area contributed by atoms with Gasteiger partial charge < -0.3 is 10.2 Å². The van der Waals surface area contributed by atoms with E-state index in [1.807, 2.05) is 58.9 Å². The normalized spacial score (nSPS) is 12.4. The molecule has 0 aliphatic rings. The van der Waals surface area contributed by atoms with Crippen molar-refractivity contribution in [1.82, 2.24) is 10.2 Å². The molecular formula is C26H36N2O2S. The van der Waals surface area contributed by atoms with Crippen molar-refractivity contribution in [3.63, 3.8) is 0 Å². The average molecular weight is 441 g/mol. The van der Waals surface area contributed by atoms with Crippen molar-refractivity contribution < 1.29 is 9.59 Å². The molecule has 4 nitrogen and oxygen atoms in total. The van der Waals surface area contributed by atoms with Crippen molar-refractivity contribution in [1.29, 1.82) is 0 Å². The van der Waals surface area contributed by atoms with Gasteiger partial charge in [-0.2, -0.15) is 0 Å². The van der Waals surface area contributed by atoms with Crippen LogP contribution in [0.15, 0.2) is 42.5 Å². The van der Waals surface area contributed by atoms with Crippen molar-refractivity contribution in [2.24, 2.45) is 0 Å². The van der Waals surface area contributed by atoms with E-state index in [0.29, 0.717) is 12.3 Å². The molecule has 0 aromatic heterocycles. The Morgan fingerprint density at radius 1 is 0.935 bits per heavy atom. The van der Waals surface area contributed by atoms with Gasteiger partial charge in [0.25, 0.3) is 0 Å². The number of nitrogens with one attached hydrogen (secondary N) is 1. The van der Waals surface area contributed by atoms with Gasteiger partial charge >= 0.3 is 0 Å². The lowest BCUT2D eigenvalue weighted by Crippen LogP contribution is -2.52. The van der Waals surface area contributed by atoms with E-state index in [2.05, 4.69) is 37.4 Å². The highest BCUT2D eigenvalue weighted by Crippen LogP contribution is 2.18. The molecule has 168 valence electrons. The van der Waals surface area contributed by atoms with Crippen LogP contribution in [0.4, 0.5) is 0 Å². The van der Waals surface area contributed by atoms with Crippen molar-refractivity contribution in [3.05, 3.63) is 70.3 Å². The molecule has 2 rings (SSSR count). The maximum atomic E-state index is 13.2. The van der Waals surface area contributed by atoms with Gasteiger partial charge in [0, 0.05) is 17.8 Å². The van der Waals surface area contributed by atoms with Gasteiger partial charge in [-0.3, -0.25) is 9.59 Å². The fraction of sp³-hybridized carbons (Fsp3) is 0.462. The number of rotatable bonds is 8. The van der Waals surface area contributed by atoms with E-state index in [9.17, 15) is 9.59 Å². The van der Waals surface area contributed by atoms with Crippen LogP contribution >= 0.6 is 11.8 Å². The van der Waals surface area contributed by atoms with E-state index in [1.165, 1.54) is 22.3 Å². The average Bonchev–Trinajstić information content (AvgIpc) is 2.64. The number of hydrogen-bond donors (Lipinski definition) is 1. The largest absolute Gasteiger partial charge is 0.350 e. The van der Waals surface area contributed by atoms with E-state index < -0.39 is 6.04 Å². The first-order valence-electron chi connectivity index (χ1n) is 10.8. The standard InChI is InChI=1S/C26H36N2O2S/c1-18-8-10-22(11-9-18)15-28(21(4)25(30)27-26(5,6)7)24(29)17-31-16-23-13-19(2)12-20(3)14-23/h8-14,21H,15-17H2,1-7H3,(H,27,30)/t21-/m0/s1. The molecule has 0 aliphatic carbocycles. The summed E-state index contributed by atoms with van der Waals surface area (Å²) in [4.78, 5) is 27.7. The molecule has 1 atom stereocenters. The second-order valence-corrected chi connectivity index (χ2v) is 10.4. The van der Waals surface area contributed by atoms with Gasteiger partial charge in [-0.05, 0) is 59.6 Å². The van der Waals surface area contributed by atoms with Crippen molar-refractivity contribution in [2.45, 2.75) is 72.3 Å². The predicted octanol–water partition coefficient (Wildman–Crippen LogP) is 5.18. The molecule has 0 bridgehead atoms. The number of carbonyl (C=O) groups is 2. The Morgan fingerprint density at radius 3 is 2.06 bits per heavy atom. The molecule has 0 saturated heterocycles. The van der Waals surface area contributed by atoms with Crippen molar-refractivity contribution in [3.8, 4) is 0 Å². The highest BCUT2D eigenvalue weighted by Gasteiger charge is 2.28. The monoisotopic (exact) mass is 440 g/mol. The van der Waals surface area contributed by atoms with E-state index in [1.54, 1.807) is 16.7 Å². The van der Waals surface area contributed by atoms with Crippen molar-refractivity contribution in [2.75, 3.05) is 5.75 Å². The van der Waals surface area contributed by atoms with Gasteiger partial charge in [-0.1, -0.05) is 59.2 Å². The molecule has 31 heavy (non-hydrogen) atoms. The fourth-order valence-electron chi connectivity index (χ4n) is 3.44. The zero-order valence-corrected chi connectivity index (χ0v) is 20.7. The quantitative estimate of drug-likeness (QED) is 0.615. The molecule has 0 fully saturated rings. The van der Waals surface area contributed by atoms with E-state index >= 15 is 0 Å². The minimum atomic E-state index is -0.546. The van der Waals surface area contributed by atoms with Crippen LogP contribution < -0.4 is 5.32 Å². The first-order chi connectivity index (χ1) is 14.4. The van der Waals surface area contributed by atoms with Crippen LogP contribution in [0.2, 0.25) is 0 Å². The SMILES string of the molecule is Cc1ccc(CN(C(=O)CSCc2cc(C)cc(C)c2)[C@@H](C)C(=O)NC(C)(C)C)cc1. The lowest BCUT2D eigenvalue weighted by atomic mass is 10.1. The Hall–Kier alpha value is -2.27. The number of nitrogens with zero attached hydrogens (tertiary/aromatic N) is 1. The van der Waals surface area contributed by atoms with Crippen LogP contribution in [0.25, 0.3) is 0 Å². The molecule has 0 radical (unpaired) electrons. The molecule has 5 heteroatoms. The van der Waals surface area contributed by atoms with Gasteiger partial charge in [-0.25, -0.2) is 0 Å². The number of aryl methyl sites for hydroxylation is 3. The third kappa shape index (κ3) is 8.41. The van der Waals surface area contributed by atoms with E-state index in [-0.39, 0.29) is 17.4 Å². The van der Waals surface area contributed by atoms with Crippen LogP contribution in [0.3, 0.4) is 0 Å². The van der Waals surface area contributed by atoms with Gasteiger partial charge in [0.2, 0.25) is 11.8 Å². The van der Waals surface area contributed by atoms with Crippen LogP contribution in [0.1, 0.15) is 55.5 Å². The highest BCUT2D eigenvalue weighted by molar-refractivity contribution is 7.99. The molecule has 0 heterocycles. The van der Waals surface area contributed by atoms with Crippen LogP contribution in [0.5, 0.6) is 0 Å². The summed E-state index contributed by atoms with van der Waals surface area (Å²) in [5, 5.41) is 3.00. The molecule has 1 N–H and O–H groups in total. The number of thioether (sulfide) groups is 1. The smallest absolute Gasteiger partial charge is 0.242 e. The number of hydrogen-bond acceptors (Lipinski definition) is 3. The van der Waals surface area contributed by atoms with Crippen molar-refractivity contribution >= 4 is 23.6 Å². The molecule has 0 aliphatic heterocycles. The van der Waals surface area contributed by atoms with E-state index in [0.717, 1.165) is 11.3 Å². The molecular weight excluding hydrogens is 404 g/mol. The Balaban J connectivity index is 2.10. The second kappa shape index (κ2) is 10.9. The Morgan fingerprint density at radius 2 is 1.52 bits per heavy atom. The minimum Gasteiger partial charge on any atom is -0.350 e. The van der Waals surface area contributed by atoms with Gasteiger partial charge in [0.15, 0.2) is 0 Å². The summed E-state index contributed by atoms with van der Waals surface area (Å²) in [6, 6.07) is 14.0. The number of amides is 2. The summed E-state index contributed by atoms with van der Waals surface area (Å²) in [6.45, 7) is 14.3. The Bertz CT molecular complexity index is 880. The first-order valence-corrected chi connectivity index (χ1v) is 11.9. The summed E-state index contributed by atoms with van der Waals surface area (Å²) in [5.41, 5.74) is 5.53. The number of benzene rings is 2. The van der Waals surface area contributed by atoms with E-state index in [4.69, 9.17) is 0 Å². The lowest BCUT2D eigenvalue weighted by Gasteiger charge is -2.31. The predicted molar refractivity (Wildman–Crippen MR) is 131 cm³/mol. The molecule has 2 amide bonds. The molecule has 0 saturated carbocycles. The molecule has 2 aromatic rings. The summed E-state index contributed by atoms with van der Waals surface area (Å²) in [5.74, 6) is 0.958. The van der Waals surface area contributed by atoms with Crippen LogP contribution in [-0.2, 0) is 21.9 Å². The molecule has 0 unspecified atom stereocenters. The summed E-state index contributed by atoms with van der Waals surface area (Å²) < 4.78 is 0. The fourth-order valence-corrected chi connectivity index (χ4v) is 4.28. The van der Waals surface area contributed by atoms with Gasteiger partial charge in [0.05, 0.1) is 5.75 Å². The molecule has 0 spiro atoms. The summed E-state index contributed by atoms with van der Waals surface area (Å²) >= 11 is 1.59. The topological polar surface area (TPSA) is 49.4 Å². The minimum absolute atomic E-state index is 0.0218. The Labute approximate surface area is 191 Å². The summed E-state index contributed by atoms with van der Waals surface area (Å²) in [6.07, 6.45) is 0. The van der Waals surface area contributed by atoms with Crippen LogP contribution in [0, 0.1) is 20.8 Å². The summed E-state index contributed by atoms with van der Waals surface area (Å²) in [7, 11) is 0. The Kier molecular flexibility index (Phi) is 8.75. The first kappa shape index (κ1) is 25.0. The maximum absolute atomic E-state index is 13.2. The number of carbonyl (C=O) groups excluding carboxylic acids is 2. The third-order valence-corrected chi connectivity index (χ3v) is 5.90. The van der Waals surface area contributed by atoms with Crippen LogP contribution in [-0.4, -0.2) is 34.0 Å². The van der Waals surface area contributed by atoms with Gasteiger partial charge in [-0.15, -0.1) is 11.8 Å². The maximum Gasteiger partial charge on any atom is 0.242 e. The highest BCUT2D eigenvalue weighted by atomic mass is 32.2. The lowest BCUT2D eigenvalue weighted by molar-refractivity contribution is -0.139. The third-order valence-electron chi connectivity index (χ3n) is 4.91. The molecule has 2 aromatic carbocycles. The zero-order valence-electron chi connectivity index (χ0n) is 19.9. The second-order valence-electron chi connectivity index (χ2n) is 9.41. The van der Waals surface area contributed by atoms with Gasteiger partial charge in [0.1, 0.15) is 6.04 Å².